The minimum atomic E-state index is -0.529. The number of benzene rings is 2. The van der Waals surface area contributed by atoms with E-state index in [1.54, 1.807) is 49.6 Å². The number of ether oxygens (including phenoxy) is 2. The van der Waals surface area contributed by atoms with Gasteiger partial charge >= 0.3 is 5.97 Å². The van der Waals surface area contributed by atoms with Gasteiger partial charge in [-0.2, -0.15) is 0 Å². The van der Waals surface area contributed by atoms with Gasteiger partial charge in [0.1, 0.15) is 5.75 Å². The molecule has 0 spiro atoms. The molecule has 7 heteroatoms. The first-order valence-corrected chi connectivity index (χ1v) is 8.34. The van der Waals surface area contributed by atoms with Crippen LogP contribution < -0.4 is 4.74 Å². The van der Waals surface area contributed by atoms with E-state index in [1.165, 1.54) is 0 Å². The number of cyclic esters (lactones) is 1. The molecule has 0 aromatic heterocycles. The van der Waals surface area contributed by atoms with E-state index in [2.05, 4.69) is 20.9 Å². The summed E-state index contributed by atoms with van der Waals surface area (Å²) in [5.74, 6) is 0.377. The summed E-state index contributed by atoms with van der Waals surface area (Å²) >= 11 is 15.3. The lowest BCUT2D eigenvalue weighted by Gasteiger charge is -2.05. The Labute approximate surface area is 156 Å². The molecule has 0 saturated carbocycles. The number of rotatable bonds is 3. The van der Waals surface area contributed by atoms with Crippen LogP contribution in [-0.2, 0) is 9.53 Å². The number of nitrogens with zero attached hydrogens (tertiary/aromatic N) is 1. The van der Waals surface area contributed by atoms with Gasteiger partial charge in [0.2, 0.25) is 5.90 Å². The van der Waals surface area contributed by atoms with Crippen LogP contribution in [0.2, 0.25) is 10.0 Å². The number of methoxy groups -OCH3 is 1. The molecule has 0 N–H and O–H groups in total. The highest BCUT2D eigenvalue weighted by molar-refractivity contribution is 9.10. The van der Waals surface area contributed by atoms with Crippen LogP contribution in [0.15, 0.2) is 51.6 Å². The Morgan fingerprint density at radius 3 is 2.62 bits per heavy atom. The maximum atomic E-state index is 12.0. The normalized spacial score (nSPS) is 15.4. The van der Waals surface area contributed by atoms with Crippen LogP contribution in [0.25, 0.3) is 6.08 Å². The average molecular weight is 427 g/mol. The predicted molar refractivity (Wildman–Crippen MR) is 97.8 cm³/mol. The van der Waals surface area contributed by atoms with Gasteiger partial charge < -0.3 is 9.47 Å². The highest BCUT2D eigenvalue weighted by Crippen LogP contribution is 2.28. The maximum absolute atomic E-state index is 12.0. The molecule has 0 bridgehead atoms. The fraction of sp³-hybridized carbons (Fsp3) is 0.0588. The second kappa shape index (κ2) is 6.97. The first-order valence-electron chi connectivity index (χ1n) is 6.79. The van der Waals surface area contributed by atoms with Gasteiger partial charge in [-0.05, 0) is 57.9 Å². The van der Waals surface area contributed by atoms with Crippen molar-refractivity contribution in [2.45, 2.75) is 0 Å². The molecular formula is C17H10BrCl2NO3. The van der Waals surface area contributed by atoms with Gasteiger partial charge in [0.25, 0.3) is 0 Å². The molecule has 24 heavy (non-hydrogen) atoms. The van der Waals surface area contributed by atoms with E-state index in [0.29, 0.717) is 31.4 Å². The molecule has 1 heterocycles. The lowest BCUT2D eigenvalue weighted by atomic mass is 10.2. The van der Waals surface area contributed by atoms with Crippen LogP contribution in [0, 0.1) is 0 Å². The van der Waals surface area contributed by atoms with E-state index in [1.807, 2.05) is 0 Å². The van der Waals surface area contributed by atoms with Crippen LogP contribution in [-0.4, -0.2) is 19.0 Å². The zero-order chi connectivity index (χ0) is 17.3. The molecular weight excluding hydrogens is 417 g/mol. The molecule has 3 rings (SSSR count). The number of esters is 1. The smallest absolute Gasteiger partial charge is 0.363 e. The van der Waals surface area contributed by atoms with Crippen LogP contribution in [0.1, 0.15) is 11.1 Å². The minimum absolute atomic E-state index is 0.186. The number of aliphatic imine (C=N–C) groups is 1. The fourth-order valence-electron chi connectivity index (χ4n) is 2.08. The molecule has 0 amide bonds. The molecule has 2 aromatic rings. The maximum Gasteiger partial charge on any atom is 0.363 e. The predicted octanol–water partition coefficient (Wildman–Crippen LogP) is 5.11. The topological polar surface area (TPSA) is 47.9 Å². The van der Waals surface area contributed by atoms with E-state index in [9.17, 15) is 4.79 Å². The SMILES string of the molecule is COc1ccc(C2=N/C(=C\c3ccc(Cl)c(Cl)c3)C(=O)O2)c(Br)c1. The largest absolute Gasteiger partial charge is 0.497 e. The van der Waals surface area contributed by atoms with E-state index in [0.717, 1.165) is 0 Å². The van der Waals surface area contributed by atoms with Gasteiger partial charge in [0.15, 0.2) is 5.70 Å². The number of carbonyl (C=O) groups is 1. The first-order chi connectivity index (χ1) is 11.5. The molecule has 0 fully saturated rings. The Bertz CT molecular complexity index is 893. The summed E-state index contributed by atoms with van der Waals surface area (Å²) < 4.78 is 11.1. The molecule has 1 aliphatic heterocycles. The van der Waals surface area contributed by atoms with Crippen LogP contribution in [0.5, 0.6) is 5.75 Å². The van der Waals surface area contributed by atoms with Gasteiger partial charge in [-0.25, -0.2) is 9.79 Å². The molecule has 0 atom stereocenters. The van der Waals surface area contributed by atoms with Gasteiger partial charge in [0, 0.05) is 4.47 Å². The molecule has 0 unspecified atom stereocenters. The summed E-state index contributed by atoms with van der Waals surface area (Å²) in [7, 11) is 1.58. The van der Waals surface area contributed by atoms with Crippen molar-refractivity contribution in [2.75, 3.05) is 7.11 Å². The number of carbonyl (C=O) groups excluding carboxylic acids is 1. The highest BCUT2D eigenvalue weighted by atomic mass is 79.9. The first kappa shape index (κ1) is 17.0. The van der Waals surface area contributed by atoms with Gasteiger partial charge in [0.05, 0.1) is 22.7 Å². The van der Waals surface area contributed by atoms with Crippen molar-refractivity contribution in [1.29, 1.82) is 0 Å². The van der Waals surface area contributed by atoms with Crippen molar-refractivity contribution in [3.8, 4) is 5.75 Å². The molecule has 122 valence electrons. The Morgan fingerprint density at radius 2 is 1.96 bits per heavy atom. The molecule has 4 nitrogen and oxygen atoms in total. The third kappa shape index (κ3) is 3.48. The van der Waals surface area contributed by atoms with Crippen LogP contribution >= 0.6 is 39.1 Å². The number of hydrogen-bond acceptors (Lipinski definition) is 4. The fourth-order valence-corrected chi connectivity index (χ4v) is 2.91. The standard InChI is InChI=1S/C17H10BrCl2NO3/c1-23-10-3-4-11(12(18)8-10)16-21-15(17(22)24-16)7-9-2-5-13(19)14(20)6-9/h2-8H,1H3/b15-7-. The van der Waals surface area contributed by atoms with Crippen molar-refractivity contribution in [2.24, 2.45) is 4.99 Å². The number of halogens is 3. The van der Waals surface area contributed by atoms with E-state index in [4.69, 9.17) is 32.7 Å². The van der Waals surface area contributed by atoms with Crippen molar-refractivity contribution in [3.63, 3.8) is 0 Å². The average Bonchev–Trinajstić information content (AvgIpc) is 2.91. The van der Waals surface area contributed by atoms with Gasteiger partial charge in [-0.3, -0.25) is 0 Å². The van der Waals surface area contributed by atoms with Crippen molar-refractivity contribution >= 4 is 57.1 Å². The Morgan fingerprint density at radius 1 is 1.17 bits per heavy atom. The third-order valence-electron chi connectivity index (χ3n) is 3.27. The second-order valence-corrected chi connectivity index (χ2v) is 6.52. The molecule has 0 saturated heterocycles. The van der Waals surface area contributed by atoms with Gasteiger partial charge in [-0.15, -0.1) is 0 Å². The summed E-state index contributed by atoms with van der Waals surface area (Å²) in [5, 5.41) is 0.846. The molecule has 0 radical (unpaired) electrons. The Balaban J connectivity index is 1.95. The van der Waals surface area contributed by atoms with E-state index < -0.39 is 5.97 Å². The zero-order valence-corrected chi connectivity index (χ0v) is 15.4. The molecule has 0 aliphatic carbocycles. The Kier molecular flexibility index (Phi) is 4.94. The highest BCUT2D eigenvalue weighted by Gasteiger charge is 2.25. The lowest BCUT2D eigenvalue weighted by Crippen LogP contribution is -2.06. The summed E-state index contributed by atoms with van der Waals surface area (Å²) in [4.78, 5) is 16.3. The number of hydrogen-bond donors (Lipinski definition) is 0. The van der Waals surface area contributed by atoms with E-state index in [-0.39, 0.29) is 11.6 Å². The van der Waals surface area contributed by atoms with Gasteiger partial charge in [-0.1, -0.05) is 29.3 Å². The Hall–Kier alpha value is -1.82. The monoisotopic (exact) mass is 425 g/mol. The van der Waals surface area contributed by atoms with Crippen LogP contribution in [0.4, 0.5) is 0 Å². The van der Waals surface area contributed by atoms with Crippen molar-refractivity contribution in [3.05, 3.63) is 67.7 Å². The summed E-state index contributed by atoms with van der Waals surface area (Å²) in [6.45, 7) is 0. The van der Waals surface area contributed by atoms with Crippen molar-refractivity contribution in [1.82, 2.24) is 0 Å². The summed E-state index contributed by atoms with van der Waals surface area (Å²) in [6, 6.07) is 10.3. The summed E-state index contributed by atoms with van der Waals surface area (Å²) in [6.07, 6.45) is 1.59. The minimum Gasteiger partial charge on any atom is -0.497 e. The lowest BCUT2D eigenvalue weighted by molar-refractivity contribution is -0.129. The second-order valence-electron chi connectivity index (χ2n) is 4.86. The van der Waals surface area contributed by atoms with Crippen LogP contribution in [0.3, 0.4) is 0 Å². The summed E-state index contributed by atoms with van der Waals surface area (Å²) in [5.41, 5.74) is 1.54. The zero-order valence-electron chi connectivity index (χ0n) is 12.3. The third-order valence-corrected chi connectivity index (χ3v) is 4.67. The quantitative estimate of drug-likeness (QED) is 0.506. The van der Waals surface area contributed by atoms with Crippen molar-refractivity contribution < 1.29 is 14.3 Å². The molecule has 1 aliphatic rings. The van der Waals surface area contributed by atoms with E-state index >= 15 is 0 Å². The molecule has 2 aromatic carbocycles.